The highest BCUT2D eigenvalue weighted by Crippen LogP contribution is 2.21. The number of aromatic nitrogens is 2. The smallest absolute Gasteiger partial charge is 0.216 e. The van der Waals surface area contributed by atoms with Crippen LogP contribution in [0.5, 0.6) is 0 Å². The van der Waals surface area contributed by atoms with Crippen LogP contribution in [0.15, 0.2) is 12.4 Å². The molecule has 0 spiro atoms. The SMILES string of the molecule is CCNS(=O)(=O)C1CCN(c2cc(C)ncn2)C1. The number of nitrogens with one attached hydrogen (secondary N) is 1. The minimum Gasteiger partial charge on any atom is -0.355 e. The average Bonchev–Trinajstić information content (AvgIpc) is 2.78. The van der Waals surface area contributed by atoms with E-state index in [0.717, 1.165) is 11.5 Å². The number of nitrogens with zero attached hydrogens (tertiary/aromatic N) is 3. The predicted molar refractivity (Wildman–Crippen MR) is 70.0 cm³/mol. The molecule has 0 aromatic carbocycles. The van der Waals surface area contributed by atoms with Crippen molar-refractivity contribution in [2.24, 2.45) is 0 Å². The Hall–Kier alpha value is -1.21. The Morgan fingerprint density at radius 3 is 2.94 bits per heavy atom. The van der Waals surface area contributed by atoms with Crippen LogP contribution in [0, 0.1) is 6.92 Å². The van der Waals surface area contributed by atoms with Gasteiger partial charge in [-0.05, 0) is 13.3 Å². The highest BCUT2D eigenvalue weighted by molar-refractivity contribution is 7.90. The molecule has 0 saturated carbocycles. The van der Waals surface area contributed by atoms with E-state index in [-0.39, 0.29) is 5.25 Å². The van der Waals surface area contributed by atoms with Crippen LogP contribution >= 0.6 is 0 Å². The van der Waals surface area contributed by atoms with Gasteiger partial charge in [0.2, 0.25) is 10.0 Å². The maximum Gasteiger partial charge on any atom is 0.216 e. The van der Waals surface area contributed by atoms with Gasteiger partial charge in [0.1, 0.15) is 12.1 Å². The van der Waals surface area contributed by atoms with E-state index < -0.39 is 10.0 Å². The molecular weight excluding hydrogens is 252 g/mol. The molecule has 0 radical (unpaired) electrons. The van der Waals surface area contributed by atoms with Crippen molar-refractivity contribution in [1.29, 1.82) is 0 Å². The highest BCUT2D eigenvalue weighted by Gasteiger charge is 2.33. The van der Waals surface area contributed by atoms with Gasteiger partial charge in [-0.15, -0.1) is 0 Å². The molecule has 2 heterocycles. The van der Waals surface area contributed by atoms with Crippen molar-refractivity contribution in [2.45, 2.75) is 25.5 Å². The lowest BCUT2D eigenvalue weighted by atomic mass is 10.4. The molecule has 1 atom stereocenters. The lowest BCUT2D eigenvalue weighted by Gasteiger charge is -2.17. The van der Waals surface area contributed by atoms with Gasteiger partial charge in [0, 0.05) is 31.4 Å². The van der Waals surface area contributed by atoms with Gasteiger partial charge in [0.25, 0.3) is 0 Å². The van der Waals surface area contributed by atoms with Crippen molar-refractivity contribution in [1.82, 2.24) is 14.7 Å². The summed E-state index contributed by atoms with van der Waals surface area (Å²) in [4.78, 5) is 10.2. The number of anilines is 1. The Morgan fingerprint density at radius 2 is 2.28 bits per heavy atom. The highest BCUT2D eigenvalue weighted by atomic mass is 32.2. The van der Waals surface area contributed by atoms with E-state index in [9.17, 15) is 8.42 Å². The van der Waals surface area contributed by atoms with Gasteiger partial charge in [-0.2, -0.15) is 0 Å². The third-order valence-corrected chi connectivity index (χ3v) is 5.00. The molecule has 1 N–H and O–H groups in total. The van der Waals surface area contributed by atoms with E-state index in [2.05, 4.69) is 14.7 Å². The van der Waals surface area contributed by atoms with Crippen molar-refractivity contribution in [2.75, 3.05) is 24.5 Å². The maximum absolute atomic E-state index is 11.9. The molecule has 1 aliphatic rings. The van der Waals surface area contributed by atoms with Gasteiger partial charge in [-0.1, -0.05) is 6.92 Å². The van der Waals surface area contributed by atoms with Crippen molar-refractivity contribution < 1.29 is 8.42 Å². The Bertz CT molecular complexity index is 518. The minimum atomic E-state index is -3.20. The molecular formula is C11H18N4O2S. The fourth-order valence-corrected chi connectivity index (χ4v) is 3.55. The largest absolute Gasteiger partial charge is 0.355 e. The van der Waals surface area contributed by atoms with Gasteiger partial charge < -0.3 is 4.90 Å². The summed E-state index contributed by atoms with van der Waals surface area (Å²) in [6.07, 6.45) is 2.15. The van der Waals surface area contributed by atoms with E-state index in [0.29, 0.717) is 26.1 Å². The Labute approximate surface area is 107 Å². The van der Waals surface area contributed by atoms with Gasteiger partial charge in [-0.25, -0.2) is 23.1 Å². The van der Waals surface area contributed by atoms with E-state index in [1.165, 1.54) is 6.33 Å². The van der Waals surface area contributed by atoms with Gasteiger partial charge in [0.15, 0.2) is 0 Å². The van der Waals surface area contributed by atoms with Crippen LogP contribution in [0.3, 0.4) is 0 Å². The summed E-state index contributed by atoms with van der Waals surface area (Å²) in [7, 11) is -3.20. The standard InChI is InChI=1S/C11H18N4O2S/c1-3-14-18(16,17)10-4-5-15(7-10)11-6-9(2)12-8-13-11/h6,8,10,14H,3-5,7H2,1-2H3. The molecule has 6 nitrogen and oxygen atoms in total. The predicted octanol–water partition coefficient (Wildman–Crippen LogP) is 0.303. The second kappa shape index (κ2) is 5.19. The van der Waals surface area contributed by atoms with Crippen molar-refractivity contribution >= 4 is 15.8 Å². The zero-order valence-corrected chi connectivity index (χ0v) is 11.4. The molecule has 7 heteroatoms. The zero-order chi connectivity index (χ0) is 13.2. The van der Waals surface area contributed by atoms with Crippen LogP contribution in [0.2, 0.25) is 0 Å². The average molecular weight is 270 g/mol. The molecule has 100 valence electrons. The first-order valence-corrected chi connectivity index (χ1v) is 7.59. The normalized spacial score (nSPS) is 20.3. The summed E-state index contributed by atoms with van der Waals surface area (Å²) < 4.78 is 26.4. The number of aryl methyl sites for hydroxylation is 1. The molecule has 2 rings (SSSR count). The Morgan fingerprint density at radius 1 is 1.50 bits per heavy atom. The topological polar surface area (TPSA) is 75.2 Å². The molecule has 1 unspecified atom stereocenters. The van der Waals surface area contributed by atoms with Gasteiger partial charge in [-0.3, -0.25) is 0 Å². The first kappa shape index (κ1) is 13.2. The lowest BCUT2D eigenvalue weighted by Crippen LogP contribution is -2.36. The third-order valence-electron chi connectivity index (χ3n) is 3.04. The van der Waals surface area contributed by atoms with Crippen LogP contribution in [-0.2, 0) is 10.0 Å². The second-order valence-corrected chi connectivity index (χ2v) is 6.46. The number of hydrogen-bond donors (Lipinski definition) is 1. The van der Waals surface area contributed by atoms with Gasteiger partial charge in [0.05, 0.1) is 5.25 Å². The molecule has 0 bridgehead atoms. The Balaban J connectivity index is 2.09. The maximum atomic E-state index is 11.9. The fourth-order valence-electron chi connectivity index (χ4n) is 2.12. The second-order valence-electron chi connectivity index (χ2n) is 4.42. The molecule has 0 amide bonds. The van der Waals surface area contributed by atoms with E-state index in [1.54, 1.807) is 6.92 Å². The van der Waals surface area contributed by atoms with E-state index >= 15 is 0 Å². The van der Waals surface area contributed by atoms with E-state index in [1.807, 2.05) is 17.9 Å². The summed E-state index contributed by atoms with van der Waals surface area (Å²) in [5, 5.41) is -0.354. The Kier molecular flexibility index (Phi) is 3.82. The van der Waals surface area contributed by atoms with E-state index in [4.69, 9.17) is 0 Å². The first-order valence-electron chi connectivity index (χ1n) is 6.05. The molecule has 1 aromatic rings. The summed E-state index contributed by atoms with van der Waals surface area (Å²) in [6.45, 7) is 5.33. The minimum absolute atomic E-state index is 0.354. The number of sulfonamides is 1. The van der Waals surface area contributed by atoms with Crippen LogP contribution < -0.4 is 9.62 Å². The van der Waals surface area contributed by atoms with Crippen LogP contribution in [0.4, 0.5) is 5.82 Å². The summed E-state index contributed by atoms with van der Waals surface area (Å²) in [5.74, 6) is 0.802. The van der Waals surface area contributed by atoms with Crippen molar-refractivity contribution in [3.05, 3.63) is 18.1 Å². The van der Waals surface area contributed by atoms with Crippen LogP contribution in [0.25, 0.3) is 0 Å². The van der Waals surface area contributed by atoms with Crippen molar-refractivity contribution in [3.8, 4) is 0 Å². The molecule has 1 aliphatic heterocycles. The monoisotopic (exact) mass is 270 g/mol. The van der Waals surface area contributed by atoms with Crippen molar-refractivity contribution in [3.63, 3.8) is 0 Å². The first-order chi connectivity index (χ1) is 8.53. The van der Waals surface area contributed by atoms with Gasteiger partial charge >= 0.3 is 0 Å². The molecule has 1 fully saturated rings. The number of rotatable bonds is 4. The fraction of sp³-hybridized carbons (Fsp3) is 0.636. The van der Waals surface area contributed by atoms with Crippen LogP contribution in [0.1, 0.15) is 19.0 Å². The zero-order valence-electron chi connectivity index (χ0n) is 10.6. The lowest BCUT2D eigenvalue weighted by molar-refractivity contribution is 0.571. The quantitative estimate of drug-likeness (QED) is 0.852. The summed E-state index contributed by atoms with van der Waals surface area (Å²) in [5.41, 5.74) is 0.887. The molecule has 0 aliphatic carbocycles. The number of hydrogen-bond acceptors (Lipinski definition) is 5. The third kappa shape index (κ3) is 2.78. The molecule has 18 heavy (non-hydrogen) atoms. The molecule has 1 aromatic heterocycles. The summed E-state index contributed by atoms with van der Waals surface area (Å²) in [6, 6.07) is 1.88. The van der Waals surface area contributed by atoms with Crippen LogP contribution in [-0.4, -0.2) is 43.3 Å². The molecule has 1 saturated heterocycles. The summed E-state index contributed by atoms with van der Waals surface area (Å²) >= 11 is 0.